The fourth-order valence-electron chi connectivity index (χ4n) is 3.23. The molecule has 1 fully saturated rings. The van der Waals surface area contributed by atoms with Gasteiger partial charge in [0.2, 0.25) is 10.0 Å². The van der Waals surface area contributed by atoms with Crippen LogP contribution in [0.4, 0.5) is 0 Å². The highest BCUT2D eigenvalue weighted by Crippen LogP contribution is 2.25. The largest absolute Gasteiger partial charge is 0.481 e. The number of benzene rings is 1. The first-order valence-electron chi connectivity index (χ1n) is 9.90. The molecule has 1 saturated heterocycles. The highest BCUT2D eigenvalue weighted by atomic mass is 32.2. The van der Waals surface area contributed by atoms with Crippen molar-refractivity contribution in [3.8, 4) is 0 Å². The van der Waals surface area contributed by atoms with Crippen molar-refractivity contribution in [3.63, 3.8) is 0 Å². The van der Waals surface area contributed by atoms with E-state index in [0.717, 1.165) is 23.7 Å². The number of pyridine rings is 1. The molecular weight excluding hydrogens is 458 g/mol. The molecule has 1 aliphatic rings. The highest BCUT2D eigenvalue weighted by Gasteiger charge is 2.40. The van der Waals surface area contributed by atoms with Crippen molar-refractivity contribution in [3.05, 3.63) is 36.7 Å². The van der Waals surface area contributed by atoms with E-state index in [9.17, 15) is 22.8 Å². The molecule has 0 radical (unpaired) electrons. The summed E-state index contributed by atoms with van der Waals surface area (Å²) in [6.07, 6.45) is 1.87. The maximum Gasteiger partial charge on any atom is 0.336 e. The van der Waals surface area contributed by atoms with Crippen LogP contribution >= 0.6 is 0 Å². The van der Waals surface area contributed by atoms with Gasteiger partial charge in [-0.3, -0.25) is 14.6 Å². The fourth-order valence-corrected chi connectivity index (χ4v) is 4.93. The zero-order valence-corrected chi connectivity index (χ0v) is 18.4. The van der Waals surface area contributed by atoms with Gasteiger partial charge in [0.15, 0.2) is 5.60 Å². The van der Waals surface area contributed by atoms with Crippen LogP contribution in [-0.4, -0.2) is 87.8 Å². The molecule has 0 atom stereocenters. The van der Waals surface area contributed by atoms with E-state index in [1.54, 1.807) is 34.9 Å². The molecular formula is C20H25N3O9S. The summed E-state index contributed by atoms with van der Waals surface area (Å²) in [7, 11) is -3.45. The summed E-state index contributed by atoms with van der Waals surface area (Å²) in [4.78, 5) is 34.9. The van der Waals surface area contributed by atoms with Gasteiger partial charge in [-0.1, -0.05) is 12.1 Å². The monoisotopic (exact) mass is 483 g/mol. The lowest BCUT2D eigenvalue weighted by molar-refractivity contribution is -0.170. The van der Waals surface area contributed by atoms with Gasteiger partial charge in [-0.05, 0) is 25.1 Å². The average molecular weight is 483 g/mol. The first kappa shape index (κ1) is 26.1. The fraction of sp³-hybridized carbons (Fsp3) is 0.400. The molecule has 2 aromatic rings. The molecule has 0 amide bonds. The van der Waals surface area contributed by atoms with E-state index in [2.05, 4.69) is 10.3 Å². The number of carboxylic acids is 3. The molecule has 1 aromatic carbocycles. The van der Waals surface area contributed by atoms with Crippen LogP contribution in [0.1, 0.15) is 19.3 Å². The Morgan fingerprint density at radius 1 is 1.03 bits per heavy atom. The van der Waals surface area contributed by atoms with Gasteiger partial charge in [0, 0.05) is 42.8 Å². The number of nitrogens with one attached hydrogen (secondary N) is 1. The molecule has 0 bridgehead atoms. The van der Waals surface area contributed by atoms with Crippen LogP contribution in [0.25, 0.3) is 10.8 Å². The third-order valence-corrected chi connectivity index (χ3v) is 6.80. The van der Waals surface area contributed by atoms with Gasteiger partial charge in [0.1, 0.15) is 0 Å². The van der Waals surface area contributed by atoms with E-state index in [4.69, 9.17) is 20.4 Å². The van der Waals surface area contributed by atoms with Gasteiger partial charge < -0.3 is 25.7 Å². The van der Waals surface area contributed by atoms with E-state index in [-0.39, 0.29) is 0 Å². The normalized spacial score (nSPS) is 15.2. The summed E-state index contributed by atoms with van der Waals surface area (Å²) in [6, 6.07) is 7.09. The summed E-state index contributed by atoms with van der Waals surface area (Å²) in [6.45, 7) is 2.65. The number of nitrogens with zero attached hydrogens (tertiary/aromatic N) is 2. The molecule has 2 heterocycles. The molecule has 1 aromatic heterocycles. The molecule has 3 rings (SSSR count). The maximum absolute atomic E-state index is 12.8. The first-order valence-corrected chi connectivity index (χ1v) is 11.3. The highest BCUT2D eigenvalue weighted by molar-refractivity contribution is 7.89. The SMILES string of the molecule is O=C(O)CC(O)(CC(=O)O)C(=O)O.O=S(=O)(c1cccc2cnccc12)N1CCCNCC1. The Hall–Kier alpha value is -3.13. The molecule has 1 aliphatic heterocycles. The molecule has 12 nitrogen and oxygen atoms in total. The molecule has 33 heavy (non-hydrogen) atoms. The minimum Gasteiger partial charge on any atom is -0.481 e. The topological polar surface area (TPSA) is 194 Å². The van der Waals surface area contributed by atoms with Crippen LogP contribution in [0.3, 0.4) is 0 Å². The van der Waals surface area contributed by atoms with Gasteiger partial charge >= 0.3 is 17.9 Å². The van der Waals surface area contributed by atoms with Crippen LogP contribution in [-0.2, 0) is 24.4 Å². The van der Waals surface area contributed by atoms with Crippen molar-refractivity contribution in [2.45, 2.75) is 29.8 Å². The van der Waals surface area contributed by atoms with Gasteiger partial charge in [0.05, 0.1) is 17.7 Å². The van der Waals surface area contributed by atoms with E-state index in [1.807, 2.05) is 6.07 Å². The Bertz CT molecular complexity index is 1090. The standard InChI is InChI=1S/C14H17N3O2S.C6H8O7/c18-20(19,17-9-2-6-15-8-10-17)14-4-1-3-12-11-16-7-5-13(12)14;7-3(8)1-6(13,5(11)12)2-4(9)10/h1,3-5,7,11,15H,2,6,8-10H2;13H,1-2H2,(H,7,8)(H,9,10)(H,11,12). The van der Waals surface area contributed by atoms with Crippen LogP contribution < -0.4 is 5.32 Å². The molecule has 13 heteroatoms. The van der Waals surface area contributed by atoms with Crippen molar-refractivity contribution >= 4 is 38.7 Å². The van der Waals surface area contributed by atoms with Crippen molar-refractivity contribution in [1.82, 2.24) is 14.6 Å². The number of aliphatic carboxylic acids is 3. The summed E-state index contributed by atoms with van der Waals surface area (Å²) in [5, 5.41) is 38.6. The number of carboxylic acid groups (broad SMARTS) is 3. The zero-order chi connectivity index (χ0) is 24.6. The molecule has 0 aliphatic carbocycles. The minimum absolute atomic E-state index is 0.374. The van der Waals surface area contributed by atoms with Crippen molar-refractivity contribution in [1.29, 1.82) is 0 Å². The van der Waals surface area contributed by atoms with Gasteiger partial charge in [-0.2, -0.15) is 4.31 Å². The van der Waals surface area contributed by atoms with Crippen LogP contribution in [0, 0.1) is 0 Å². The second-order valence-corrected chi connectivity index (χ2v) is 9.24. The van der Waals surface area contributed by atoms with Crippen molar-refractivity contribution in [2.75, 3.05) is 26.2 Å². The number of hydrogen-bond donors (Lipinski definition) is 5. The van der Waals surface area contributed by atoms with E-state index < -0.39 is 46.4 Å². The molecule has 0 spiro atoms. The summed E-state index contributed by atoms with van der Waals surface area (Å²) < 4.78 is 27.2. The number of hydrogen-bond acceptors (Lipinski definition) is 8. The summed E-state index contributed by atoms with van der Waals surface area (Å²) in [5.74, 6) is -5.02. The number of rotatable bonds is 7. The van der Waals surface area contributed by atoms with E-state index in [1.165, 1.54) is 0 Å². The van der Waals surface area contributed by atoms with Crippen LogP contribution in [0.2, 0.25) is 0 Å². The molecule has 0 saturated carbocycles. The Morgan fingerprint density at radius 3 is 2.30 bits per heavy atom. The minimum atomic E-state index is -3.45. The number of aromatic nitrogens is 1. The lowest BCUT2D eigenvalue weighted by Crippen LogP contribution is -2.42. The molecule has 0 unspecified atom stereocenters. The van der Waals surface area contributed by atoms with Crippen molar-refractivity contribution < 1.29 is 43.2 Å². The van der Waals surface area contributed by atoms with E-state index >= 15 is 0 Å². The average Bonchev–Trinajstić information content (AvgIpc) is 3.03. The van der Waals surface area contributed by atoms with Crippen LogP contribution in [0.15, 0.2) is 41.6 Å². The van der Waals surface area contributed by atoms with Gasteiger partial charge in [0.25, 0.3) is 0 Å². The van der Waals surface area contributed by atoms with E-state index in [0.29, 0.717) is 24.5 Å². The number of fused-ring (bicyclic) bond motifs is 1. The smallest absolute Gasteiger partial charge is 0.336 e. The molecule has 180 valence electrons. The third kappa shape index (κ3) is 6.92. The maximum atomic E-state index is 12.8. The van der Waals surface area contributed by atoms with Crippen molar-refractivity contribution in [2.24, 2.45) is 0 Å². The number of sulfonamides is 1. The zero-order valence-electron chi connectivity index (χ0n) is 17.5. The van der Waals surface area contributed by atoms with Gasteiger partial charge in [-0.15, -0.1) is 0 Å². The lowest BCUT2D eigenvalue weighted by Gasteiger charge is -2.20. The lowest BCUT2D eigenvalue weighted by atomic mass is 9.96. The molecule has 5 N–H and O–H groups in total. The Morgan fingerprint density at radius 2 is 1.70 bits per heavy atom. The van der Waals surface area contributed by atoms with Crippen LogP contribution in [0.5, 0.6) is 0 Å². The Labute approximate surface area is 189 Å². The predicted octanol–water partition coefficient (Wildman–Crippen LogP) is -0.0297. The van der Waals surface area contributed by atoms with Gasteiger partial charge in [-0.25, -0.2) is 13.2 Å². The third-order valence-electron chi connectivity index (χ3n) is 4.84. The second-order valence-electron chi connectivity index (χ2n) is 7.34. The number of carbonyl (C=O) groups is 3. The summed E-state index contributed by atoms with van der Waals surface area (Å²) >= 11 is 0. The first-order chi connectivity index (χ1) is 15.5. The second kappa shape index (κ2) is 11.1. The predicted molar refractivity (Wildman–Crippen MR) is 115 cm³/mol. The number of aliphatic hydroxyl groups is 1. The Balaban J connectivity index is 0.000000260. The Kier molecular flexibility index (Phi) is 8.82. The summed E-state index contributed by atoms with van der Waals surface area (Å²) in [5.41, 5.74) is -2.74. The quantitative estimate of drug-likeness (QED) is 0.355.